The van der Waals surface area contributed by atoms with E-state index in [2.05, 4.69) is 9.44 Å². The summed E-state index contributed by atoms with van der Waals surface area (Å²) in [5, 5.41) is 0. The van der Waals surface area contributed by atoms with Crippen molar-refractivity contribution in [2.75, 3.05) is 23.7 Å². The molecule has 0 spiro atoms. The first-order chi connectivity index (χ1) is 14.2. The van der Waals surface area contributed by atoms with Gasteiger partial charge in [-0.2, -0.15) is 0 Å². The molecule has 3 aromatic carbocycles. The van der Waals surface area contributed by atoms with E-state index in [0.717, 1.165) is 0 Å². The van der Waals surface area contributed by atoms with Gasteiger partial charge in [-0.25, -0.2) is 16.8 Å². The van der Waals surface area contributed by atoms with Gasteiger partial charge < -0.3 is 9.47 Å². The van der Waals surface area contributed by atoms with Gasteiger partial charge in [-0.15, -0.1) is 0 Å². The number of anilines is 2. The van der Waals surface area contributed by atoms with Gasteiger partial charge in [0.05, 0.1) is 19.1 Å². The Balaban J connectivity index is 1.83. The van der Waals surface area contributed by atoms with E-state index in [1.165, 1.54) is 50.6 Å². The van der Waals surface area contributed by atoms with E-state index in [4.69, 9.17) is 9.47 Å². The summed E-state index contributed by atoms with van der Waals surface area (Å²) < 4.78 is 65.7. The third-order valence-corrected chi connectivity index (χ3v) is 6.90. The molecule has 0 amide bonds. The van der Waals surface area contributed by atoms with Crippen LogP contribution in [0.25, 0.3) is 0 Å². The second-order valence-corrected chi connectivity index (χ2v) is 9.45. The van der Waals surface area contributed by atoms with E-state index in [9.17, 15) is 16.8 Å². The average molecular weight is 449 g/mol. The molecule has 0 fully saturated rings. The number of nitrogens with one attached hydrogen (secondary N) is 2. The lowest BCUT2D eigenvalue weighted by Gasteiger charge is -2.13. The minimum atomic E-state index is -4.01. The highest BCUT2D eigenvalue weighted by Crippen LogP contribution is 2.30. The molecule has 10 heteroatoms. The number of ether oxygens (including phenoxy) is 2. The summed E-state index contributed by atoms with van der Waals surface area (Å²) in [7, 11) is -5.03. The van der Waals surface area contributed by atoms with Crippen LogP contribution in [0.3, 0.4) is 0 Å². The number of rotatable bonds is 8. The number of hydrogen-bond donors (Lipinski definition) is 2. The maximum Gasteiger partial charge on any atom is 0.265 e. The molecule has 3 aromatic rings. The number of para-hydroxylation sites is 1. The first-order valence-corrected chi connectivity index (χ1v) is 11.6. The summed E-state index contributed by atoms with van der Waals surface area (Å²) in [5.41, 5.74) is 0.617. The fourth-order valence-electron chi connectivity index (χ4n) is 2.63. The van der Waals surface area contributed by atoms with Crippen molar-refractivity contribution in [3.63, 3.8) is 0 Å². The zero-order chi connectivity index (χ0) is 21.8. The fourth-order valence-corrected chi connectivity index (χ4v) is 4.93. The van der Waals surface area contributed by atoms with Crippen LogP contribution in [0.1, 0.15) is 0 Å². The molecule has 0 radical (unpaired) electrons. The Bertz CT molecular complexity index is 1230. The Kier molecular flexibility index (Phi) is 6.18. The van der Waals surface area contributed by atoms with E-state index >= 15 is 0 Å². The summed E-state index contributed by atoms with van der Waals surface area (Å²) >= 11 is 0. The van der Waals surface area contributed by atoms with Gasteiger partial charge in [-0.05, 0) is 48.5 Å². The van der Waals surface area contributed by atoms with Crippen LogP contribution in [0.2, 0.25) is 0 Å². The van der Waals surface area contributed by atoms with Gasteiger partial charge in [0.1, 0.15) is 16.4 Å². The molecule has 0 atom stereocenters. The fraction of sp³-hybridized carbons (Fsp3) is 0.100. The SMILES string of the molecule is COc1ccc(OC)c(S(=O)(=O)Nc2ccc(S(=O)(=O)Nc3ccccc3)cc2)c1. The first kappa shape index (κ1) is 21.5. The third-order valence-electron chi connectivity index (χ3n) is 4.10. The highest BCUT2D eigenvalue weighted by atomic mass is 32.2. The lowest BCUT2D eigenvalue weighted by molar-refractivity contribution is 0.392. The second-order valence-electron chi connectivity index (χ2n) is 6.12. The highest BCUT2D eigenvalue weighted by Gasteiger charge is 2.21. The van der Waals surface area contributed by atoms with Gasteiger partial charge in [-0.3, -0.25) is 9.44 Å². The normalized spacial score (nSPS) is 11.5. The summed E-state index contributed by atoms with van der Waals surface area (Å²) in [6.07, 6.45) is 0. The molecule has 0 saturated heterocycles. The quantitative estimate of drug-likeness (QED) is 0.547. The zero-order valence-corrected chi connectivity index (χ0v) is 17.8. The lowest BCUT2D eigenvalue weighted by Crippen LogP contribution is -2.15. The molecule has 30 heavy (non-hydrogen) atoms. The minimum absolute atomic E-state index is 0.00624. The van der Waals surface area contributed by atoms with Gasteiger partial charge >= 0.3 is 0 Å². The molecule has 8 nitrogen and oxygen atoms in total. The molecule has 158 valence electrons. The van der Waals surface area contributed by atoms with Crippen LogP contribution < -0.4 is 18.9 Å². The van der Waals surface area contributed by atoms with Crippen molar-refractivity contribution in [2.45, 2.75) is 9.79 Å². The van der Waals surface area contributed by atoms with Gasteiger partial charge in [0.15, 0.2) is 0 Å². The molecule has 0 aromatic heterocycles. The lowest BCUT2D eigenvalue weighted by atomic mass is 10.3. The summed E-state index contributed by atoms with van der Waals surface area (Å²) in [6, 6.07) is 18.2. The Morgan fingerprint density at radius 1 is 0.667 bits per heavy atom. The molecule has 3 rings (SSSR count). The largest absolute Gasteiger partial charge is 0.497 e. The van der Waals surface area contributed by atoms with Crippen molar-refractivity contribution in [3.05, 3.63) is 72.8 Å². The van der Waals surface area contributed by atoms with Crippen LogP contribution in [-0.4, -0.2) is 31.1 Å². The highest BCUT2D eigenvalue weighted by molar-refractivity contribution is 7.93. The number of sulfonamides is 2. The standard InChI is InChI=1S/C20H20N2O6S2/c1-27-17-10-13-19(28-2)20(14-17)30(25,26)22-16-8-11-18(12-9-16)29(23,24)21-15-6-4-3-5-7-15/h3-14,21-22H,1-2H3. The van der Waals surface area contributed by atoms with E-state index < -0.39 is 20.0 Å². The number of benzene rings is 3. The molecule has 0 aliphatic rings. The predicted octanol–water partition coefficient (Wildman–Crippen LogP) is 3.31. The van der Waals surface area contributed by atoms with Crippen LogP contribution in [0.5, 0.6) is 11.5 Å². The number of hydrogen-bond acceptors (Lipinski definition) is 6. The molecule has 0 bridgehead atoms. The van der Waals surface area contributed by atoms with Crippen LogP contribution in [0.15, 0.2) is 82.6 Å². The van der Waals surface area contributed by atoms with E-state index in [1.54, 1.807) is 36.4 Å². The Morgan fingerprint density at radius 2 is 1.27 bits per heavy atom. The smallest absolute Gasteiger partial charge is 0.265 e. The molecule has 2 N–H and O–H groups in total. The maximum atomic E-state index is 12.8. The number of methoxy groups -OCH3 is 2. The topological polar surface area (TPSA) is 111 Å². The molecular formula is C20H20N2O6S2. The molecule has 0 unspecified atom stereocenters. The molecular weight excluding hydrogens is 428 g/mol. The molecule has 0 heterocycles. The monoisotopic (exact) mass is 448 g/mol. The van der Waals surface area contributed by atoms with Gasteiger partial charge in [0, 0.05) is 17.4 Å². The van der Waals surface area contributed by atoms with E-state index in [-0.39, 0.29) is 21.2 Å². The molecule has 0 aliphatic heterocycles. The summed E-state index contributed by atoms with van der Waals surface area (Å²) in [4.78, 5) is -0.111. The van der Waals surface area contributed by atoms with Crippen LogP contribution in [-0.2, 0) is 20.0 Å². The van der Waals surface area contributed by atoms with E-state index in [0.29, 0.717) is 11.4 Å². The first-order valence-electron chi connectivity index (χ1n) is 8.68. The van der Waals surface area contributed by atoms with E-state index in [1.807, 2.05) is 0 Å². The second kappa shape index (κ2) is 8.64. The van der Waals surface area contributed by atoms with Gasteiger partial charge in [0.2, 0.25) is 0 Å². The Hall–Kier alpha value is -3.24. The average Bonchev–Trinajstić information content (AvgIpc) is 2.73. The Labute approximate surface area is 175 Å². The predicted molar refractivity (Wildman–Crippen MR) is 114 cm³/mol. The van der Waals surface area contributed by atoms with Crippen molar-refractivity contribution in [3.8, 4) is 11.5 Å². The van der Waals surface area contributed by atoms with Crippen LogP contribution in [0.4, 0.5) is 11.4 Å². The van der Waals surface area contributed by atoms with Crippen LogP contribution >= 0.6 is 0 Å². The van der Waals surface area contributed by atoms with Crippen LogP contribution in [0, 0.1) is 0 Å². The Morgan fingerprint density at radius 3 is 1.87 bits per heavy atom. The third kappa shape index (κ3) is 4.84. The maximum absolute atomic E-state index is 12.8. The molecule has 0 saturated carbocycles. The van der Waals surface area contributed by atoms with Crippen molar-refractivity contribution < 1.29 is 26.3 Å². The van der Waals surface area contributed by atoms with Crippen molar-refractivity contribution >= 4 is 31.4 Å². The van der Waals surface area contributed by atoms with Crippen molar-refractivity contribution in [1.29, 1.82) is 0 Å². The van der Waals surface area contributed by atoms with Crippen molar-refractivity contribution in [2.24, 2.45) is 0 Å². The zero-order valence-electron chi connectivity index (χ0n) is 16.2. The minimum Gasteiger partial charge on any atom is -0.497 e. The van der Waals surface area contributed by atoms with Gasteiger partial charge in [0.25, 0.3) is 20.0 Å². The van der Waals surface area contributed by atoms with Crippen molar-refractivity contribution in [1.82, 2.24) is 0 Å². The summed E-state index contributed by atoms with van der Waals surface area (Å²) in [5.74, 6) is 0.499. The van der Waals surface area contributed by atoms with Gasteiger partial charge in [-0.1, -0.05) is 18.2 Å². The molecule has 0 aliphatic carbocycles. The summed E-state index contributed by atoms with van der Waals surface area (Å²) in [6.45, 7) is 0.